The summed E-state index contributed by atoms with van der Waals surface area (Å²) in [5.74, 6) is 0. The van der Waals surface area contributed by atoms with Crippen LogP contribution in [0.1, 0.15) is 34.6 Å². The minimum Gasteiger partial charge on any atom is -0.325 e. The molecule has 0 aromatic carbocycles. The van der Waals surface area contributed by atoms with Gasteiger partial charge in [-0.3, -0.25) is 0 Å². The first-order valence-electron chi connectivity index (χ1n) is 5.62. The molecule has 0 spiro atoms. The van der Waals surface area contributed by atoms with Crippen molar-refractivity contribution in [3.63, 3.8) is 0 Å². The van der Waals surface area contributed by atoms with Gasteiger partial charge in [-0.15, -0.1) is 0 Å². The Labute approximate surface area is 88.4 Å². The Balaban J connectivity index is 4.10. The third kappa shape index (κ3) is 4.98. The zero-order valence-corrected chi connectivity index (χ0v) is 13.0. The van der Waals surface area contributed by atoms with Gasteiger partial charge in [-0.25, -0.2) is 0 Å². The molecule has 0 aliphatic rings. The molecule has 3 heteroatoms. The average Bonchev–Trinajstić information content (AvgIpc) is 1.97. The maximum absolute atomic E-state index is 2.75. The van der Waals surface area contributed by atoms with Gasteiger partial charge in [0.2, 0.25) is 0 Å². The van der Waals surface area contributed by atoms with Crippen LogP contribution in [-0.2, 0) is 0 Å². The van der Waals surface area contributed by atoms with Crippen LogP contribution in [0.5, 0.6) is 0 Å². The fraction of sp³-hybridized carbons (Fsp3) is 1.00. The van der Waals surface area contributed by atoms with Gasteiger partial charge >= 0.3 is 0 Å². The number of hydrogen-bond acceptors (Lipinski definition) is 1. The first-order valence-corrected chi connectivity index (χ1v) is 10.0. The molecule has 0 rings (SSSR count). The molecule has 0 bridgehead atoms. The van der Waals surface area contributed by atoms with Crippen LogP contribution >= 0.6 is 0 Å². The maximum Gasteiger partial charge on any atom is 0.0956 e. The third-order valence-electron chi connectivity index (χ3n) is 2.96. The van der Waals surface area contributed by atoms with Crippen molar-refractivity contribution in [2.75, 3.05) is 0 Å². The summed E-state index contributed by atoms with van der Waals surface area (Å²) in [6.45, 7) is 16.8. The zero-order valence-electron chi connectivity index (χ0n) is 10.5. The van der Waals surface area contributed by atoms with Crippen LogP contribution in [0.3, 0.4) is 0 Å². The highest BCUT2D eigenvalue weighted by molar-refractivity contribution is 6.69. The topological polar surface area (TPSA) is 3.24 Å². The van der Waals surface area contributed by atoms with Gasteiger partial charge in [0.15, 0.2) is 0 Å². The molecule has 0 saturated carbocycles. The van der Waals surface area contributed by atoms with Crippen LogP contribution in [-0.4, -0.2) is 35.1 Å². The molecular formula is C10H27NSi2. The SMILES string of the molecule is CC(C)N([SiH2]C(C)[SiH](C)C)C(C)C. The van der Waals surface area contributed by atoms with Crippen molar-refractivity contribution >= 4 is 18.5 Å². The van der Waals surface area contributed by atoms with Crippen molar-refractivity contribution in [3.8, 4) is 0 Å². The second kappa shape index (κ2) is 5.99. The Kier molecular flexibility index (Phi) is 6.17. The minimum atomic E-state index is -0.383. The van der Waals surface area contributed by atoms with Crippen molar-refractivity contribution in [3.05, 3.63) is 0 Å². The molecule has 0 N–H and O–H groups in total. The second-order valence-corrected chi connectivity index (χ2v) is 12.1. The quantitative estimate of drug-likeness (QED) is 0.637. The van der Waals surface area contributed by atoms with E-state index in [0.29, 0.717) is 0 Å². The van der Waals surface area contributed by atoms with Gasteiger partial charge in [0.25, 0.3) is 0 Å². The van der Waals surface area contributed by atoms with Crippen LogP contribution in [0.25, 0.3) is 0 Å². The Bertz CT molecular complexity index is 127. The summed E-state index contributed by atoms with van der Waals surface area (Å²) in [5, 5.41) is 1.07. The van der Waals surface area contributed by atoms with Crippen molar-refractivity contribution in [2.45, 2.75) is 65.0 Å². The van der Waals surface area contributed by atoms with Gasteiger partial charge in [0, 0.05) is 8.80 Å². The lowest BCUT2D eigenvalue weighted by Gasteiger charge is -2.33. The van der Waals surface area contributed by atoms with Crippen LogP contribution in [0.15, 0.2) is 0 Å². The Morgan fingerprint density at radius 2 is 1.31 bits per heavy atom. The number of nitrogens with zero attached hydrogens (tertiary/aromatic N) is 1. The van der Waals surface area contributed by atoms with Gasteiger partial charge in [-0.05, 0) is 17.2 Å². The van der Waals surface area contributed by atoms with Crippen molar-refractivity contribution in [1.82, 2.24) is 4.57 Å². The first-order chi connectivity index (χ1) is 5.86. The lowest BCUT2D eigenvalue weighted by Crippen LogP contribution is -2.43. The van der Waals surface area contributed by atoms with E-state index in [4.69, 9.17) is 0 Å². The van der Waals surface area contributed by atoms with Crippen LogP contribution in [0.2, 0.25) is 18.3 Å². The van der Waals surface area contributed by atoms with E-state index >= 15 is 0 Å². The summed E-state index contributed by atoms with van der Waals surface area (Å²) in [7, 11) is -0.381. The zero-order chi connectivity index (χ0) is 10.6. The molecule has 0 aliphatic carbocycles. The normalized spacial score (nSPS) is 15.9. The number of rotatable bonds is 5. The van der Waals surface area contributed by atoms with Crippen molar-refractivity contribution in [1.29, 1.82) is 0 Å². The third-order valence-corrected chi connectivity index (χ3v) is 11.2. The molecule has 1 unspecified atom stereocenters. The van der Waals surface area contributed by atoms with Crippen molar-refractivity contribution < 1.29 is 0 Å². The summed E-state index contributed by atoms with van der Waals surface area (Å²) < 4.78 is 2.75. The van der Waals surface area contributed by atoms with Crippen LogP contribution in [0.4, 0.5) is 0 Å². The van der Waals surface area contributed by atoms with E-state index in [0.717, 1.165) is 17.2 Å². The molecule has 0 amide bonds. The van der Waals surface area contributed by atoms with E-state index in [-0.39, 0.29) is 18.5 Å². The Hall–Kier alpha value is 0.394. The van der Waals surface area contributed by atoms with E-state index in [1.54, 1.807) is 0 Å². The monoisotopic (exact) mass is 217 g/mol. The lowest BCUT2D eigenvalue weighted by atomic mass is 10.3. The maximum atomic E-state index is 2.75. The minimum absolute atomic E-state index is 0.00231. The standard InChI is InChI=1S/C10H27NSi2/c1-8(2)11(9(3)4)12-10(5)13(6)7/h8-10,13H,12H2,1-7H3. The van der Waals surface area contributed by atoms with Crippen LogP contribution in [0, 0.1) is 0 Å². The summed E-state index contributed by atoms with van der Waals surface area (Å²) in [5.41, 5.74) is 0. The highest BCUT2D eigenvalue weighted by Gasteiger charge is 2.18. The molecule has 0 fully saturated rings. The van der Waals surface area contributed by atoms with Gasteiger partial charge in [0.05, 0.1) is 9.68 Å². The molecule has 13 heavy (non-hydrogen) atoms. The fourth-order valence-electron chi connectivity index (χ4n) is 1.56. The molecule has 0 aliphatic heterocycles. The second-order valence-electron chi connectivity index (χ2n) is 5.11. The van der Waals surface area contributed by atoms with Crippen molar-refractivity contribution in [2.24, 2.45) is 0 Å². The Morgan fingerprint density at radius 3 is 1.54 bits per heavy atom. The molecule has 0 heterocycles. The van der Waals surface area contributed by atoms with E-state index in [2.05, 4.69) is 52.3 Å². The Morgan fingerprint density at radius 1 is 0.923 bits per heavy atom. The van der Waals surface area contributed by atoms with E-state index < -0.39 is 0 Å². The number of hydrogen-bond donors (Lipinski definition) is 0. The summed E-state index contributed by atoms with van der Waals surface area (Å²) in [6, 6.07) is 1.50. The highest BCUT2D eigenvalue weighted by atomic mass is 28.3. The fourth-order valence-corrected chi connectivity index (χ4v) is 5.49. The molecule has 1 atom stereocenters. The molecule has 80 valence electrons. The molecule has 1 nitrogen and oxygen atoms in total. The average molecular weight is 218 g/mol. The smallest absolute Gasteiger partial charge is 0.0956 e. The molecule has 0 radical (unpaired) electrons. The predicted octanol–water partition coefficient (Wildman–Crippen LogP) is 2.02. The van der Waals surface area contributed by atoms with Gasteiger partial charge in [-0.2, -0.15) is 0 Å². The first kappa shape index (κ1) is 13.4. The molecule has 0 saturated heterocycles. The molecule has 0 aromatic heterocycles. The largest absolute Gasteiger partial charge is 0.325 e. The van der Waals surface area contributed by atoms with Crippen LogP contribution < -0.4 is 0 Å². The van der Waals surface area contributed by atoms with E-state index in [1.807, 2.05) is 0 Å². The summed E-state index contributed by atoms with van der Waals surface area (Å²) >= 11 is 0. The summed E-state index contributed by atoms with van der Waals surface area (Å²) in [6.07, 6.45) is 0. The van der Waals surface area contributed by atoms with E-state index in [1.165, 1.54) is 0 Å². The summed E-state index contributed by atoms with van der Waals surface area (Å²) in [4.78, 5) is 0. The predicted molar refractivity (Wildman–Crippen MR) is 69.0 cm³/mol. The molecule has 0 aromatic rings. The molecular weight excluding hydrogens is 190 g/mol. The van der Waals surface area contributed by atoms with E-state index in [9.17, 15) is 0 Å². The lowest BCUT2D eigenvalue weighted by molar-refractivity contribution is 0.310. The van der Waals surface area contributed by atoms with Gasteiger partial charge < -0.3 is 4.57 Å². The van der Waals surface area contributed by atoms with Gasteiger partial charge in [0.1, 0.15) is 0 Å². The van der Waals surface area contributed by atoms with Gasteiger partial charge in [-0.1, -0.05) is 47.7 Å². The highest BCUT2D eigenvalue weighted by Crippen LogP contribution is 2.13.